The lowest BCUT2D eigenvalue weighted by atomic mass is 10.1. The molecule has 0 aliphatic rings. The summed E-state index contributed by atoms with van der Waals surface area (Å²) in [5, 5.41) is 0. The minimum atomic E-state index is 0.431. The highest BCUT2D eigenvalue weighted by Crippen LogP contribution is 2.19. The van der Waals surface area contributed by atoms with Crippen LogP contribution >= 0.6 is 12.2 Å². The maximum atomic E-state index is 5.69. The summed E-state index contributed by atoms with van der Waals surface area (Å²) in [6, 6.07) is 5.82. The van der Waals surface area contributed by atoms with Gasteiger partial charge in [-0.3, -0.25) is 0 Å². The molecule has 1 rings (SSSR count). The average molecular weight is 237 g/mol. The molecule has 0 atom stereocenters. The van der Waals surface area contributed by atoms with Crippen molar-refractivity contribution in [3.05, 3.63) is 29.3 Å². The summed E-state index contributed by atoms with van der Waals surface area (Å²) < 4.78 is 5.69. The van der Waals surface area contributed by atoms with Crippen molar-refractivity contribution in [3.63, 3.8) is 0 Å². The molecule has 88 valence electrons. The van der Waals surface area contributed by atoms with Crippen LogP contribution in [0.3, 0.4) is 0 Å². The normalized spacial score (nSPS) is 10.1. The highest BCUT2D eigenvalue weighted by atomic mass is 32.1. The average Bonchev–Trinajstić information content (AvgIpc) is 2.26. The van der Waals surface area contributed by atoms with E-state index in [-0.39, 0.29) is 0 Å². The summed E-state index contributed by atoms with van der Waals surface area (Å²) in [6.45, 7) is 4.97. The van der Waals surface area contributed by atoms with Crippen molar-refractivity contribution < 1.29 is 4.74 Å². The molecule has 1 aromatic rings. The van der Waals surface area contributed by atoms with Gasteiger partial charge in [0.15, 0.2) is 0 Å². The van der Waals surface area contributed by atoms with Gasteiger partial charge in [0.1, 0.15) is 10.7 Å². The first-order valence-electron chi connectivity index (χ1n) is 5.68. The van der Waals surface area contributed by atoms with Gasteiger partial charge in [-0.05, 0) is 37.1 Å². The Morgan fingerprint density at radius 3 is 2.69 bits per heavy atom. The van der Waals surface area contributed by atoms with Crippen LogP contribution in [-0.2, 0) is 0 Å². The molecule has 0 aromatic heterocycles. The topological polar surface area (TPSA) is 35.2 Å². The third-order valence-electron chi connectivity index (χ3n) is 2.46. The minimum absolute atomic E-state index is 0.431. The Morgan fingerprint density at radius 1 is 1.38 bits per heavy atom. The van der Waals surface area contributed by atoms with Gasteiger partial charge in [0, 0.05) is 5.56 Å². The number of nitrogens with two attached hydrogens (primary N) is 1. The molecule has 1 aromatic carbocycles. The molecule has 2 N–H and O–H groups in total. The van der Waals surface area contributed by atoms with Crippen LogP contribution in [0.15, 0.2) is 18.2 Å². The van der Waals surface area contributed by atoms with Crippen LogP contribution in [0.4, 0.5) is 0 Å². The van der Waals surface area contributed by atoms with E-state index in [2.05, 4.69) is 6.92 Å². The summed E-state index contributed by atoms with van der Waals surface area (Å²) in [7, 11) is 0. The van der Waals surface area contributed by atoms with E-state index in [4.69, 9.17) is 22.7 Å². The number of hydrogen-bond acceptors (Lipinski definition) is 2. The molecule has 16 heavy (non-hydrogen) atoms. The van der Waals surface area contributed by atoms with E-state index in [0.29, 0.717) is 4.99 Å². The van der Waals surface area contributed by atoms with Crippen molar-refractivity contribution in [1.82, 2.24) is 0 Å². The zero-order valence-electron chi connectivity index (χ0n) is 9.95. The Morgan fingerprint density at radius 2 is 2.12 bits per heavy atom. The Bertz CT molecular complexity index is 363. The number of thiocarbonyl (C=S) groups is 1. The van der Waals surface area contributed by atoms with Crippen LogP contribution < -0.4 is 10.5 Å². The highest BCUT2D eigenvalue weighted by molar-refractivity contribution is 7.80. The smallest absolute Gasteiger partial charge is 0.122 e. The molecule has 3 heteroatoms. The summed E-state index contributed by atoms with van der Waals surface area (Å²) >= 11 is 4.92. The van der Waals surface area contributed by atoms with Gasteiger partial charge in [-0.2, -0.15) is 0 Å². The molecule has 0 saturated carbocycles. The lowest BCUT2D eigenvalue weighted by molar-refractivity contribution is 0.304. The van der Waals surface area contributed by atoms with Crippen LogP contribution in [0, 0.1) is 6.92 Å². The third kappa shape index (κ3) is 3.81. The number of hydrogen-bond donors (Lipinski definition) is 1. The van der Waals surface area contributed by atoms with E-state index >= 15 is 0 Å². The molecule has 2 nitrogen and oxygen atoms in total. The first-order valence-corrected chi connectivity index (χ1v) is 6.09. The Hall–Kier alpha value is -1.09. The van der Waals surface area contributed by atoms with E-state index in [1.54, 1.807) is 0 Å². The van der Waals surface area contributed by atoms with Crippen molar-refractivity contribution in [2.24, 2.45) is 5.73 Å². The van der Waals surface area contributed by atoms with Crippen molar-refractivity contribution in [3.8, 4) is 5.75 Å². The van der Waals surface area contributed by atoms with Crippen LogP contribution in [0.5, 0.6) is 5.75 Å². The van der Waals surface area contributed by atoms with Crippen LogP contribution in [0.25, 0.3) is 0 Å². The van der Waals surface area contributed by atoms with Gasteiger partial charge in [0.2, 0.25) is 0 Å². The summed E-state index contributed by atoms with van der Waals surface area (Å²) in [6.07, 6.45) is 3.53. The quantitative estimate of drug-likeness (QED) is 0.609. The fourth-order valence-electron chi connectivity index (χ4n) is 1.50. The van der Waals surface area contributed by atoms with E-state index in [1.807, 2.05) is 25.1 Å². The molecule has 0 fully saturated rings. The van der Waals surface area contributed by atoms with E-state index in [0.717, 1.165) is 29.9 Å². The number of ether oxygens (including phenoxy) is 1. The summed E-state index contributed by atoms with van der Waals surface area (Å²) in [5.41, 5.74) is 7.54. The van der Waals surface area contributed by atoms with Crippen molar-refractivity contribution in [2.75, 3.05) is 6.61 Å². The second kappa shape index (κ2) is 6.48. The van der Waals surface area contributed by atoms with Gasteiger partial charge in [-0.25, -0.2) is 0 Å². The van der Waals surface area contributed by atoms with Crippen molar-refractivity contribution >= 4 is 17.2 Å². The summed E-state index contributed by atoms with van der Waals surface area (Å²) in [4.78, 5) is 0.431. The Kier molecular flexibility index (Phi) is 5.26. The third-order valence-corrected chi connectivity index (χ3v) is 2.70. The zero-order chi connectivity index (χ0) is 12.0. The van der Waals surface area contributed by atoms with E-state index < -0.39 is 0 Å². The van der Waals surface area contributed by atoms with Gasteiger partial charge >= 0.3 is 0 Å². The molecular formula is C13H19NOS. The minimum Gasteiger partial charge on any atom is -0.493 e. The first kappa shape index (κ1) is 13.0. The maximum Gasteiger partial charge on any atom is 0.122 e. The number of unbranched alkanes of at least 4 members (excludes halogenated alkanes) is 2. The number of benzene rings is 1. The van der Waals surface area contributed by atoms with Gasteiger partial charge in [0.25, 0.3) is 0 Å². The fourth-order valence-corrected chi connectivity index (χ4v) is 1.63. The fraction of sp³-hybridized carbons (Fsp3) is 0.462. The van der Waals surface area contributed by atoms with E-state index in [1.165, 1.54) is 12.8 Å². The molecular weight excluding hydrogens is 218 g/mol. The molecule has 0 amide bonds. The second-order valence-electron chi connectivity index (χ2n) is 3.90. The molecule has 0 heterocycles. The molecule has 0 bridgehead atoms. The van der Waals surface area contributed by atoms with Gasteiger partial charge in [0.05, 0.1) is 6.61 Å². The monoisotopic (exact) mass is 237 g/mol. The molecule has 0 aliphatic carbocycles. The lowest BCUT2D eigenvalue weighted by Crippen LogP contribution is -2.09. The van der Waals surface area contributed by atoms with Crippen LogP contribution in [0.2, 0.25) is 0 Å². The Labute approximate surface area is 103 Å². The number of aryl methyl sites for hydroxylation is 1. The van der Waals surface area contributed by atoms with Crippen LogP contribution in [0.1, 0.15) is 37.3 Å². The predicted octanol–water partition coefficient (Wildman–Crippen LogP) is 3.20. The zero-order valence-corrected chi connectivity index (χ0v) is 10.8. The molecule has 0 unspecified atom stereocenters. The molecule has 0 aliphatic heterocycles. The first-order chi connectivity index (χ1) is 7.65. The van der Waals surface area contributed by atoms with Crippen molar-refractivity contribution in [2.45, 2.75) is 33.1 Å². The van der Waals surface area contributed by atoms with Crippen molar-refractivity contribution in [1.29, 1.82) is 0 Å². The largest absolute Gasteiger partial charge is 0.493 e. The van der Waals surface area contributed by atoms with Crippen LogP contribution in [-0.4, -0.2) is 11.6 Å². The molecule has 0 spiro atoms. The second-order valence-corrected chi connectivity index (χ2v) is 4.34. The lowest BCUT2D eigenvalue weighted by Gasteiger charge is -2.10. The van der Waals surface area contributed by atoms with Gasteiger partial charge < -0.3 is 10.5 Å². The number of rotatable bonds is 6. The standard InChI is InChI=1S/C13H19NOS/c1-3-4-5-8-15-12-7-6-11(13(14)16)9-10(12)2/h6-7,9H,3-5,8H2,1-2H3,(H2,14,16). The predicted molar refractivity (Wildman–Crippen MR) is 72.1 cm³/mol. The maximum absolute atomic E-state index is 5.69. The Balaban J connectivity index is 2.57. The van der Waals surface area contributed by atoms with Gasteiger partial charge in [-0.1, -0.05) is 32.0 Å². The van der Waals surface area contributed by atoms with Gasteiger partial charge in [-0.15, -0.1) is 0 Å². The SMILES string of the molecule is CCCCCOc1ccc(C(N)=S)cc1C. The molecule has 0 saturated heterocycles. The molecule has 0 radical (unpaired) electrons. The summed E-state index contributed by atoms with van der Waals surface area (Å²) in [5.74, 6) is 0.927. The van der Waals surface area contributed by atoms with E-state index in [9.17, 15) is 0 Å². The highest BCUT2D eigenvalue weighted by Gasteiger charge is 2.02.